The topological polar surface area (TPSA) is 54.2 Å². The molecule has 5 nitrogen and oxygen atoms in total. The fourth-order valence-electron chi connectivity index (χ4n) is 3.05. The lowest BCUT2D eigenvalue weighted by Gasteiger charge is -2.40. The summed E-state index contributed by atoms with van der Waals surface area (Å²) >= 11 is 0. The molecule has 1 atom stereocenters. The smallest absolute Gasteiger partial charge is 0.318 e. The Kier molecular flexibility index (Phi) is 5.02. The maximum atomic E-state index is 5.81. The van der Waals surface area contributed by atoms with Crippen LogP contribution in [-0.2, 0) is 0 Å². The Bertz CT molecular complexity index is 404. The van der Waals surface area contributed by atoms with Gasteiger partial charge in [-0.05, 0) is 31.7 Å². The van der Waals surface area contributed by atoms with Gasteiger partial charge in [-0.15, -0.1) is 5.10 Å². The minimum atomic E-state index is 0.122. The number of hydrogen-bond acceptors (Lipinski definition) is 5. The molecule has 5 heteroatoms. The number of anilines is 1. The lowest BCUT2D eigenvalue weighted by molar-refractivity contribution is 0.196. The third-order valence-corrected chi connectivity index (χ3v) is 4.91. The standard InChI is InChI=1S/C15H28N4O/c1-5-15(6-2)8-10-19(11-9-15)14-18-17-13(20-14)12(4)16-7-3/h12,16H,5-11H2,1-4H3. The van der Waals surface area contributed by atoms with Crippen molar-refractivity contribution in [2.45, 2.75) is 59.4 Å². The first-order valence-electron chi connectivity index (χ1n) is 7.96. The quantitative estimate of drug-likeness (QED) is 0.867. The molecule has 1 aromatic heterocycles. The van der Waals surface area contributed by atoms with Crippen LogP contribution in [-0.4, -0.2) is 29.8 Å². The fraction of sp³-hybridized carbons (Fsp3) is 0.867. The summed E-state index contributed by atoms with van der Waals surface area (Å²) in [7, 11) is 0. The highest BCUT2D eigenvalue weighted by Gasteiger charge is 2.32. The van der Waals surface area contributed by atoms with Crippen LogP contribution in [0.2, 0.25) is 0 Å². The summed E-state index contributed by atoms with van der Waals surface area (Å²) in [5.41, 5.74) is 0.524. The molecule has 1 aromatic rings. The number of aromatic nitrogens is 2. The first-order valence-corrected chi connectivity index (χ1v) is 7.96. The summed E-state index contributed by atoms with van der Waals surface area (Å²) in [6.07, 6.45) is 4.98. The SMILES string of the molecule is CCNC(C)c1nnc(N2CCC(CC)(CC)CC2)o1. The predicted molar refractivity (Wildman–Crippen MR) is 80.9 cm³/mol. The maximum absolute atomic E-state index is 5.81. The third kappa shape index (κ3) is 3.14. The normalized spacial score (nSPS) is 20.1. The largest absolute Gasteiger partial charge is 0.406 e. The monoisotopic (exact) mass is 280 g/mol. The number of nitrogens with one attached hydrogen (secondary N) is 1. The molecule has 0 aromatic carbocycles. The summed E-state index contributed by atoms with van der Waals surface area (Å²) < 4.78 is 5.81. The van der Waals surface area contributed by atoms with Crippen LogP contribution in [0, 0.1) is 5.41 Å². The highest BCUT2D eigenvalue weighted by Crippen LogP contribution is 2.38. The van der Waals surface area contributed by atoms with Gasteiger partial charge < -0.3 is 14.6 Å². The Balaban J connectivity index is 1.97. The van der Waals surface area contributed by atoms with Gasteiger partial charge in [-0.2, -0.15) is 0 Å². The van der Waals surface area contributed by atoms with Gasteiger partial charge in [0.15, 0.2) is 0 Å². The van der Waals surface area contributed by atoms with E-state index < -0.39 is 0 Å². The van der Waals surface area contributed by atoms with Gasteiger partial charge in [-0.25, -0.2) is 0 Å². The van der Waals surface area contributed by atoms with Crippen LogP contribution in [0.15, 0.2) is 4.42 Å². The fourth-order valence-corrected chi connectivity index (χ4v) is 3.05. The molecule has 1 saturated heterocycles. The maximum Gasteiger partial charge on any atom is 0.318 e. The van der Waals surface area contributed by atoms with Crippen LogP contribution < -0.4 is 10.2 Å². The lowest BCUT2D eigenvalue weighted by Crippen LogP contribution is -2.39. The van der Waals surface area contributed by atoms with E-state index in [2.05, 4.69) is 48.1 Å². The molecule has 0 saturated carbocycles. The molecular weight excluding hydrogens is 252 g/mol. The molecule has 0 amide bonds. The van der Waals surface area contributed by atoms with E-state index >= 15 is 0 Å². The van der Waals surface area contributed by atoms with Crippen LogP contribution >= 0.6 is 0 Å². The number of hydrogen-bond donors (Lipinski definition) is 1. The van der Waals surface area contributed by atoms with Crippen LogP contribution in [0.25, 0.3) is 0 Å². The van der Waals surface area contributed by atoms with Crippen molar-refractivity contribution >= 4 is 6.01 Å². The molecule has 0 radical (unpaired) electrons. The van der Waals surface area contributed by atoms with E-state index in [-0.39, 0.29) is 6.04 Å². The van der Waals surface area contributed by atoms with Crippen LogP contribution in [0.5, 0.6) is 0 Å². The van der Waals surface area contributed by atoms with Crippen molar-refractivity contribution in [2.24, 2.45) is 5.41 Å². The van der Waals surface area contributed by atoms with Crippen LogP contribution in [0.1, 0.15) is 65.3 Å². The summed E-state index contributed by atoms with van der Waals surface area (Å²) in [5, 5.41) is 11.7. The Morgan fingerprint density at radius 3 is 2.40 bits per heavy atom. The molecule has 0 bridgehead atoms. The number of nitrogens with zero attached hydrogens (tertiary/aromatic N) is 3. The van der Waals surface area contributed by atoms with Crippen molar-refractivity contribution in [3.63, 3.8) is 0 Å². The van der Waals surface area contributed by atoms with Gasteiger partial charge in [0.25, 0.3) is 0 Å². The summed E-state index contributed by atoms with van der Waals surface area (Å²) in [6, 6.07) is 0.807. The van der Waals surface area contributed by atoms with Gasteiger partial charge in [0.1, 0.15) is 0 Å². The Hall–Kier alpha value is -1.10. The predicted octanol–water partition coefficient (Wildman–Crippen LogP) is 3.15. The van der Waals surface area contributed by atoms with Gasteiger partial charge >= 0.3 is 6.01 Å². The van der Waals surface area contributed by atoms with Gasteiger partial charge in [0, 0.05) is 13.1 Å². The molecule has 0 aliphatic carbocycles. The molecular formula is C15H28N4O. The van der Waals surface area contributed by atoms with E-state index in [1.807, 2.05) is 0 Å². The first kappa shape index (κ1) is 15.3. The van der Waals surface area contributed by atoms with E-state index in [0.29, 0.717) is 17.3 Å². The Morgan fingerprint density at radius 1 is 1.20 bits per heavy atom. The zero-order valence-electron chi connectivity index (χ0n) is 13.3. The van der Waals surface area contributed by atoms with Crippen molar-refractivity contribution in [1.82, 2.24) is 15.5 Å². The van der Waals surface area contributed by atoms with Gasteiger partial charge in [-0.3, -0.25) is 0 Å². The van der Waals surface area contributed by atoms with Crippen molar-refractivity contribution in [3.8, 4) is 0 Å². The average Bonchev–Trinajstić information content (AvgIpc) is 2.97. The molecule has 2 heterocycles. The molecule has 20 heavy (non-hydrogen) atoms. The summed E-state index contributed by atoms with van der Waals surface area (Å²) in [6.45, 7) is 11.7. The molecule has 1 aliphatic heterocycles. The van der Waals surface area contributed by atoms with E-state index in [1.165, 1.54) is 25.7 Å². The van der Waals surface area contributed by atoms with E-state index in [4.69, 9.17) is 4.42 Å². The van der Waals surface area contributed by atoms with Crippen LogP contribution in [0.3, 0.4) is 0 Å². The number of piperidine rings is 1. The van der Waals surface area contributed by atoms with Crippen LogP contribution in [0.4, 0.5) is 6.01 Å². The highest BCUT2D eigenvalue weighted by molar-refractivity contribution is 5.25. The molecule has 1 unspecified atom stereocenters. The summed E-state index contributed by atoms with van der Waals surface area (Å²) in [5.74, 6) is 0.685. The third-order valence-electron chi connectivity index (χ3n) is 4.91. The molecule has 0 spiro atoms. The molecule has 2 rings (SSSR count). The average molecular weight is 280 g/mol. The van der Waals surface area contributed by atoms with Crippen molar-refractivity contribution in [1.29, 1.82) is 0 Å². The van der Waals surface area contributed by atoms with E-state index in [0.717, 1.165) is 19.6 Å². The van der Waals surface area contributed by atoms with E-state index in [1.54, 1.807) is 0 Å². The van der Waals surface area contributed by atoms with Gasteiger partial charge in [0.2, 0.25) is 5.89 Å². The van der Waals surface area contributed by atoms with Crippen molar-refractivity contribution in [2.75, 3.05) is 24.5 Å². The minimum Gasteiger partial charge on any atom is -0.406 e. The van der Waals surface area contributed by atoms with Crippen molar-refractivity contribution in [3.05, 3.63) is 5.89 Å². The second kappa shape index (κ2) is 6.57. The lowest BCUT2D eigenvalue weighted by atomic mass is 9.74. The number of rotatable bonds is 6. The first-order chi connectivity index (χ1) is 9.64. The van der Waals surface area contributed by atoms with Gasteiger partial charge in [0.05, 0.1) is 6.04 Å². The summed E-state index contributed by atoms with van der Waals surface area (Å²) in [4.78, 5) is 2.23. The molecule has 1 aliphatic rings. The highest BCUT2D eigenvalue weighted by atomic mass is 16.4. The van der Waals surface area contributed by atoms with E-state index in [9.17, 15) is 0 Å². The second-order valence-electron chi connectivity index (χ2n) is 5.90. The Morgan fingerprint density at radius 2 is 1.85 bits per heavy atom. The minimum absolute atomic E-state index is 0.122. The molecule has 1 N–H and O–H groups in total. The second-order valence-corrected chi connectivity index (χ2v) is 5.90. The van der Waals surface area contributed by atoms with Gasteiger partial charge in [-0.1, -0.05) is 38.7 Å². The molecule has 114 valence electrons. The molecule has 1 fully saturated rings. The zero-order chi connectivity index (χ0) is 14.6. The Labute approximate surface area is 122 Å². The van der Waals surface area contributed by atoms with Crippen molar-refractivity contribution < 1.29 is 4.42 Å². The zero-order valence-corrected chi connectivity index (χ0v) is 13.3.